The fraction of sp³-hybridized carbons (Fsp3) is 0.562. The zero-order chi connectivity index (χ0) is 15.5. The van der Waals surface area contributed by atoms with Crippen molar-refractivity contribution in [3.63, 3.8) is 0 Å². The van der Waals surface area contributed by atoms with Gasteiger partial charge in [0.15, 0.2) is 9.84 Å². The standard InChI is InChI=1S/C16H23NO3S/c1-3-13(4-2)16(18)17-11-12-7-8-15-14(10-12)6-5-9-21(15,19)20/h7-8,10,13H,3-6,9,11H2,1-2H3,(H,17,18). The topological polar surface area (TPSA) is 63.2 Å². The van der Waals surface area contributed by atoms with Crippen molar-refractivity contribution in [1.82, 2.24) is 5.32 Å². The number of nitrogens with one attached hydrogen (secondary N) is 1. The van der Waals surface area contributed by atoms with Gasteiger partial charge in [0.05, 0.1) is 10.6 Å². The Balaban J connectivity index is 2.08. The highest BCUT2D eigenvalue weighted by Gasteiger charge is 2.23. The van der Waals surface area contributed by atoms with E-state index in [1.165, 1.54) is 0 Å². The molecule has 0 saturated carbocycles. The average molecular weight is 309 g/mol. The van der Waals surface area contributed by atoms with E-state index in [4.69, 9.17) is 0 Å². The molecule has 1 amide bonds. The number of hydrogen-bond donors (Lipinski definition) is 1. The van der Waals surface area contributed by atoms with E-state index in [0.717, 1.165) is 30.4 Å². The molecule has 2 rings (SSSR count). The minimum atomic E-state index is -3.10. The number of carbonyl (C=O) groups is 1. The molecule has 1 aliphatic rings. The van der Waals surface area contributed by atoms with Gasteiger partial charge in [-0.1, -0.05) is 26.0 Å². The first kappa shape index (κ1) is 16.0. The molecule has 0 spiro atoms. The monoisotopic (exact) mass is 309 g/mol. The Morgan fingerprint density at radius 2 is 2.00 bits per heavy atom. The fourth-order valence-corrected chi connectivity index (χ4v) is 4.38. The molecule has 0 saturated heterocycles. The molecule has 0 aromatic heterocycles. The van der Waals surface area contributed by atoms with Crippen molar-refractivity contribution in [1.29, 1.82) is 0 Å². The van der Waals surface area contributed by atoms with E-state index in [9.17, 15) is 13.2 Å². The van der Waals surface area contributed by atoms with Crippen LogP contribution in [0.3, 0.4) is 0 Å². The number of amides is 1. The van der Waals surface area contributed by atoms with Gasteiger partial charge in [-0.2, -0.15) is 0 Å². The molecule has 0 atom stereocenters. The molecule has 4 nitrogen and oxygen atoms in total. The third-order valence-electron chi connectivity index (χ3n) is 4.14. The molecule has 0 radical (unpaired) electrons. The number of sulfone groups is 1. The summed E-state index contributed by atoms with van der Waals surface area (Å²) in [5.74, 6) is 0.374. The lowest BCUT2D eigenvalue weighted by atomic mass is 10.0. The molecule has 1 heterocycles. The van der Waals surface area contributed by atoms with Crippen LogP contribution in [0, 0.1) is 5.92 Å². The number of aryl methyl sites for hydroxylation is 1. The summed E-state index contributed by atoms with van der Waals surface area (Å²) in [7, 11) is -3.10. The van der Waals surface area contributed by atoms with Crippen molar-refractivity contribution in [2.45, 2.75) is 51.0 Å². The van der Waals surface area contributed by atoms with Crippen LogP contribution < -0.4 is 5.32 Å². The molecule has 1 aromatic rings. The Labute approximate surface area is 126 Å². The van der Waals surface area contributed by atoms with E-state index in [-0.39, 0.29) is 17.6 Å². The first-order chi connectivity index (χ1) is 9.97. The smallest absolute Gasteiger partial charge is 0.223 e. The van der Waals surface area contributed by atoms with E-state index in [1.807, 2.05) is 19.9 Å². The van der Waals surface area contributed by atoms with Crippen LogP contribution in [0.2, 0.25) is 0 Å². The van der Waals surface area contributed by atoms with Gasteiger partial charge in [-0.25, -0.2) is 8.42 Å². The minimum absolute atomic E-state index is 0.0583. The lowest BCUT2D eigenvalue weighted by molar-refractivity contribution is -0.125. The van der Waals surface area contributed by atoms with Crippen molar-refractivity contribution in [3.05, 3.63) is 29.3 Å². The van der Waals surface area contributed by atoms with Crippen molar-refractivity contribution in [2.24, 2.45) is 5.92 Å². The van der Waals surface area contributed by atoms with Crippen LogP contribution in [-0.4, -0.2) is 20.1 Å². The summed E-state index contributed by atoms with van der Waals surface area (Å²) in [4.78, 5) is 12.4. The maximum atomic E-state index is 12.0. The van der Waals surface area contributed by atoms with Gasteiger partial charge in [0.1, 0.15) is 0 Å². The van der Waals surface area contributed by atoms with Crippen LogP contribution in [0.25, 0.3) is 0 Å². The number of fused-ring (bicyclic) bond motifs is 1. The molecular formula is C16H23NO3S. The molecule has 21 heavy (non-hydrogen) atoms. The Kier molecular flexibility index (Phi) is 5.04. The molecule has 1 aliphatic heterocycles. The van der Waals surface area contributed by atoms with E-state index in [2.05, 4.69) is 5.32 Å². The van der Waals surface area contributed by atoms with Crippen molar-refractivity contribution < 1.29 is 13.2 Å². The molecule has 0 fully saturated rings. The Bertz CT molecular complexity index is 618. The molecule has 1 N–H and O–H groups in total. The Morgan fingerprint density at radius 3 is 2.67 bits per heavy atom. The average Bonchev–Trinajstić information content (AvgIpc) is 2.46. The van der Waals surface area contributed by atoms with Gasteiger partial charge in [0.2, 0.25) is 5.91 Å². The second-order valence-corrected chi connectivity index (χ2v) is 7.67. The van der Waals surface area contributed by atoms with Crippen LogP contribution in [0.5, 0.6) is 0 Å². The summed E-state index contributed by atoms with van der Waals surface area (Å²) >= 11 is 0. The lowest BCUT2D eigenvalue weighted by Crippen LogP contribution is -2.29. The molecule has 1 aromatic carbocycles. The number of carbonyl (C=O) groups excluding carboxylic acids is 1. The predicted octanol–water partition coefficient (Wildman–Crippen LogP) is 2.46. The second kappa shape index (κ2) is 6.60. The SMILES string of the molecule is CCC(CC)C(=O)NCc1ccc2c(c1)CCCS2(=O)=O. The van der Waals surface area contributed by atoms with Gasteiger partial charge in [0.25, 0.3) is 0 Å². The van der Waals surface area contributed by atoms with Gasteiger partial charge in [0, 0.05) is 12.5 Å². The number of benzene rings is 1. The van der Waals surface area contributed by atoms with Crippen LogP contribution in [-0.2, 0) is 27.6 Å². The highest BCUT2D eigenvalue weighted by molar-refractivity contribution is 7.91. The summed E-state index contributed by atoms with van der Waals surface area (Å²) in [5.41, 5.74) is 1.85. The Hall–Kier alpha value is -1.36. The van der Waals surface area contributed by atoms with Crippen molar-refractivity contribution >= 4 is 15.7 Å². The van der Waals surface area contributed by atoms with E-state index in [0.29, 0.717) is 17.9 Å². The summed E-state index contributed by atoms with van der Waals surface area (Å²) in [6, 6.07) is 5.40. The number of hydrogen-bond acceptors (Lipinski definition) is 3. The minimum Gasteiger partial charge on any atom is -0.352 e. The van der Waals surface area contributed by atoms with Crippen LogP contribution in [0.4, 0.5) is 0 Å². The van der Waals surface area contributed by atoms with Crippen LogP contribution >= 0.6 is 0 Å². The van der Waals surface area contributed by atoms with Gasteiger partial charge in [-0.3, -0.25) is 4.79 Å². The third-order valence-corrected chi connectivity index (χ3v) is 6.04. The summed E-state index contributed by atoms with van der Waals surface area (Å²) < 4.78 is 23.9. The van der Waals surface area contributed by atoms with Gasteiger partial charge in [-0.15, -0.1) is 0 Å². The van der Waals surface area contributed by atoms with Gasteiger partial charge >= 0.3 is 0 Å². The maximum Gasteiger partial charge on any atom is 0.223 e. The molecule has 0 bridgehead atoms. The summed E-state index contributed by atoms with van der Waals surface area (Å²) in [5, 5.41) is 2.94. The maximum absolute atomic E-state index is 12.0. The quantitative estimate of drug-likeness (QED) is 0.908. The predicted molar refractivity (Wildman–Crippen MR) is 82.7 cm³/mol. The summed E-state index contributed by atoms with van der Waals surface area (Å²) in [6.07, 6.45) is 3.15. The zero-order valence-electron chi connectivity index (χ0n) is 12.7. The third kappa shape index (κ3) is 3.64. The van der Waals surface area contributed by atoms with E-state index >= 15 is 0 Å². The molecule has 0 unspecified atom stereocenters. The highest BCUT2D eigenvalue weighted by atomic mass is 32.2. The highest BCUT2D eigenvalue weighted by Crippen LogP contribution is 2.25. The molecule has 116 valence electrons. The van der Waals surface area contributed by atoms with Gasteiger partial charge in [-0.05, 0) is 42.9 Å². The molecular weight excluding hydrogens is 286 g/mol. The van der Waals surface area contributed by atoms with Crippen LogP contribution in [0.15, 0.2) is 23.1 Å². The van der Waals surface area contributed by atoms with Crippen molar-refractivity contribution in [2.75, 3.05) is 5.75 Å². The van der Waals surface area contributed by atoms with E-state index < -0.39 is 9.84 Å². The largest absolute Gasteiger partial charge is 0.352 e. The van der Waals surface area contributed by atoms with Crippen LogP contribution in [0.1, 0.15) is 44.2 Å². The number of rotatable bonds is 5. The molecule has 5 heteroatoms. The lowest BCUT2D eigenvalue weighted by Gasteiger charge is -2.18. The first-order valence-electron chi connectivity index (χ1n) is 7.60. The summed E-state index contributed by atoms with van der Waals surface area (Å²) in [6.45, 7) is 4.48. The molecule has 0 aliphatic carbocycles. The normalized spacial score (nSPS) is 16.5. The Morgan fingerprint density at radius 1 is 1.29 bits per heavy atom. The van der Waals surface area contributed by atoms with Gasteiger partial charge < -0.3 is 5.32 Å². The van der Waals surface area contributed by atoms with Crippen molar-refractivity contribution in [3.8, 4) is 0 Å². The first-order valence-corrected chi connectivity index (χ1v) is 9.25. The zero-order valence-corrected chi connectivity index (χ0v) is 13.5. The van der Waals surface area contributed by atoms with E-state index in [1.54, 1.807) is 12.1 Å². The fourth-order valence-electron chi connectivity index (χ4n) is 2.80. The second-order valence-electron chi connectivity index (χ2n) is 5.60.